The van der Waals surface area contributed by atoms with Gasteiger partial charge in [0.05, 0.1) is 5.69 Å². The molecule has 1 N–H and O–H groups in total. The van der Waals surface area contributed by atoms with Gasteiger partial charge in [-0.05, 0) is 43.9 Å². The van der Waals surface area contributed by atoms with E-state index in [2.05, 4.69) is 25.8 Å². The molecule has 0 aromatic carbocycles. The quantitative estimate of drug-likeness (QED) is 0.783. The van der Waals surface area contributed by atoms with Crippen molar-refractivity contribution in [3.8, 4) is 0 Å². The highest BCUT2D eigenvalue weighted by molar-refractivity contribution is 5.29. The summed E-state index contributed by atoms with van der Waals surface area (Å²) >= 11 is 0. The van der Waals surface area contributed by atoms with Gasteiger partial charge in [0, 0.05) is 6.20 Å². The van der Waals surface area contributed by atoms with Crippen LogP contribution in [0.25, 0.3) is 0 Å². The van der Waals surface area contributed by atoms with Crippen LogP contribution in [0.3, 0.4) is 0 Å². The maximum atomic E-state index is 9.78. The zero-order chi connectivity index (χ0) is 10.9. The number of aliphatic hydroxyl groups is 1. The van der Waals surface area contributed by atoms with Gasteiger partial charge in [0.1, 0.15) is 5.60 Å². The van der Waals surface area contributed by atoms with Gasteiger partial charge >= 0.3 is 0 Å². The molecule has 1 aromatic heterocycles. The first kappa shape index (κ1) is 11.2. The number of rotatable bonds is 2. The van der Waals surface area contributed by atoms with Crippen molar-refractivity contribution in [3.05, 3.63) is 29.1 Å². The van der Waals surface area contributed by atoms with E-state index in [4.69, 9.17) is 0 Å². The van der Waals surface area contributed by atoms with Crippen LogP contribution < -0.4 is 0 Å². The molecule has 0 saturated carbocycles. The van der Waals surface area contributed by atoms with Crippen molar-refractivity contribution in [2.24, 2.45) is 0 Å². The number of hydrogen-bond acceptors (Lipinski definition) is 2. The van der Waals surface area contributed by atoms with E-state index in [1.54, 1.807) is 13.8 Å². The van der Waals surface area contributed by atoms with Crippen molar-refractivity contribution >= 4 is 0 Å². The van der Waals surface area contributed by atoms with Gasteiger partial charge in [0.15, 0.2) is 0 Å². The van der Waals surface area contributed by atoms with Crippen molar-refractivity contribution in [2.45, 2.75) is 46.1 Å². The minimum atomic E-state index is -0.847. The normalized spacial score (nSPS) is 12.2. The minimum Gasteiger partial charge on any atom is -0.384 e. The second kappa shape index (κ2) is 3.70. The van der Waals surface area contributed by atoms with Gasteiger partial charge in [-0.15, -0.1) is 0 Å². The van der Waals surface area contributed by atoms with E-state index < -0.39 is 5.60 Å². The Labute approximate surface area is 86.0 Å². The maximum absolute atomic E-state index is 9.78. The summed E-state index contributed by atoms with van der Waals surface area (Å²) in [6, 6.07) is 1.97. The van der Waals surface area contributed by atoms with Crippen molar-refractivity contribution in [1.29, 1.82) is 0 Å². The molecule has 2 heteroatoms. The summed E-state index contributed by atoms with van der Waals surface area (Å²) in [7, 11) is 0. The lowest BCUT2D eigenvalue weighted by molar-refractivity contribution is 0.0737. The Bertz CT molecular complexity index is 324. The van der Waals surface area contributed by atoms with Crippen LogP contribution in [0.4, 0.5) is 0 Å². The fraction of sp³-hybridized carbons (Fsp3) is 0.583. The van der Waals surface area contributed by atoms with E-state index >= 15 is 0 Å². The van der Waals surface area contributed by atoms with Crippen LogP contribution in [-0.2, 0) is 5.60 Å². The Morgan fingerprint density at radius 2 is 1.93 bits per heavy atom. The highest BCUT2D eigenvalue weighted by atomic mass is 16.3. The number of pyridine rings is 1. The molecule has 0 unspecified atom stereocenters. The molecule has 2 nitrogen and oxygen atoms in total. The predicted octanol–water partition coefficient (Wildman–Crippen LogP) is 2.74. The lowest BCUT2D eigenvalue weighted by Gasteiger charge is -2.18. The van der Waals surface area contributed by atoms with E-state index in [0.717, 1.165) is 5.69 Å². The summed E-state index contributed by atoms with van der Waals surface area (Å²) in [4.78, 5) is 4.28. The van der Waals surface area contributed by atoms with E-state index in [1.165, 1.54) is 11.1 Å². The summed E-state index contributed by atoms with van der Waals surface area (Å²) < 4.78 is 0. The minimum absolute atomic E-state index is 0.485. The zero-order valence-corrected chi connectivity index (χ0v) is 9.63. The molecule has 1 aromatic rings. The molecule has 0 aliphatic heterocycles. The highest BCUT2D eigenvalue weighted by Gasteiger charge is 2.18. The van der Waals surface area contributed by atoms with Gasteiger partial charge in [-0.1, -0.05) is 13.8 Å². The van der Waals surface area contributed by atoms with Gasteiger partial charge in [-0.2, -0.15) is 0 Å². The average Bonchev–Trinajstić information content (AvgIpc) is 2.01. The van der Waals surface area contributed by atoms with Crippen LogP contribution in [0.2, 0.25) is 0 Å². The van der Waals surface area contributed by atoms with E-state index in [-0.39, 0.29) is 0 Å². The molecule has 0 aliphatic rings. The summed E-state index contributed by atoms with van der Waals surface area (Å²) in [5, 5.41) is 9.78. The zero-order valence-electron chi connectivity index (χ0n) is 9.63. The predicted molar refractivity (Wildman–Crippen MR) is 58.3 cm³/mol. The van der Waals surface area contributed by atoms with E-state index in [1.807, 2.05) is 12.3 Å². The van der Waals surface area contributed by atoms with Crippen LogP contribution in [-0.4, -0.2) is 10.1 Å². The first-order chi connectivity index (χ1) is 6.32. The van der Waals surface area contributed by atoms with Gasteiger partial charge < -0.3 is 5.11 Å². The Morgan fingerprint density at radius 3 is 2.29 bits per heavy atom. The lowest BCUT2D eigenvalue weighted by Crippen LogP contribution is -2.18. The third-order valence-corrected chi connectivity index (χ3v) is 2.40. The van der Waals surface area contributed by atoms with Gasteiger partial charge in [-0.25, -0.2) is 0 Å². The molecule has 1 rings (SSSR count). The topological polar surface area (TPSA) is 33.1 Å². The van der Waals surface area contributed by atoms with Crippen LogP contribution >= 0.6 is 0 Å². The van der Waals surface area contributed by atoms with Crippen LogP contribution in [0.15, 0.2) is 12.3 Å². The molecular formula is C12H19NO. The highest BCUT2D eigenvalue weighted by Crippen LogP contribution is 2.23. The standard InChI is InChI=1S/C12H19NO/c1-8(2)10-7-13-11(6-9(10)3)12(4,5)14/h6-8,14H,1-5H3. The molecular weight excluding hydrogens is 174 g/mol. The molecule has 0 amide bonds. The third-order valence-electron chi connectivity index (χ3n) is 2.40. The van der Waals surface area contributed by atoms with Crippen LogP contribution in [0.5, 0.6) is 0 Å². The molecule has 0 bridgehead atoms. The largest absolute Gasteiger partial charge is 0.384 e. The number of nitrogens with zero attached hydrogens (tertiary/aromatic N) is 1. The summed E-state index contributed by atoms with van der Waals surface area (Å²) in [6.07, 6.45) is 1.87. The molecule has 0 spiro atoms. The van der Waals surface area contributed by atoms with E-state index in [0.29, 0.717) is 5.92 Å². The molecule has 0 atom stereocenters. The van der Waals surface area contributed by atoms with Crippen LogP contribution in [0.1, 0.15) is 50.4 Å². The number of aromatic nitrogens is 1. The van der Waals surface area contributed by atoms with Crippen molar-refractivity contribution in [2.75, 3.05) is 0 Å². The number of hydrogen-bond donors (Lipinski definition) is 1. The molecule has 1 heterocycles. The molecule has 78 valence electrons. The van der Waals surface area contributed by atoms with Crippen molar-refractivity contribution in [1.82, 2.24) is 4.98 Å². The molecule has 0 saturated heterocycles. The number of aryl methyl sites for hydroxylation is 1. The van der Waals surface area contributed by atoms with Crippen molar-refractivity contribution < 1.29 is 5.11 Å². The Hall–Kier alpha value is -0.890. The van der Waals surface area contributed by atoms with Gasteiger partial charge in [0.25, 0.3) is 0 Å². The SMILES string of the molecule is Cc1cc(C(C)(C)O)ncc1C(C)C. The Morgan fingerprint density at radius 1 is 1.36 bits per heavy atom. The molecule has 0 aliphatic carbocycles. The smallest absolute Gasteiger partial charge is 0.101 e. The first-order valence-electron chi connectivity index (χ1n) is 5.01. The van der Waals surface area contributed by atoms with Gasteiger partial charge in [0.2, 0.25) is 0 Å². The fourth-order valence-electron chi connectivity index (χ4n) is 1.51. The first-order valence-corrected chi connectivity index (χ1v) is 5.01. The summed E-state index contributed by atoms with van der Waals surface area (Å²) in [5.41, 5.74) is 2.34. The Kier molecular flexibility index (Phi) is 2.95. The molecule has 0 radical (unpaired) electrons. The maximum Gasteiger partial charge on any atom is 0.101 e. The lowest BCUT2D eigenvalue weighted by atomic mass is 9.96. The third kappa shape index (κ3) is 2.32. The average molecular weight is 193 g/mol. The van der Waals surface area contributed by atoms with E-state index in [9.17, 15) is 5.11 Å². The summed E-state index contributed by atoms with van der Waals surface area (Å²) in [5.74, 6) is 0.485. The summed E-state index contributed by atoms with van der Waals surface area (Å²) in [6.45, 7) is 9.86. The van der Waals surface area contributed by atoms with Gasteiger partial charge in [-0.3, -0.25) is 4.98 Å². The Balaban J connectivity index is 3.13. The fourth-order valence-corrected chi connectivity index (χ4v) is 1.51. The second-order valence-corrected chi connectivity index (χ2v) is 4.64. The molecule has 14 heavy (non-hydrogen) atoms. The monoisotopic (exact) mass is 193 g/mol. The molecule has 0 fully saturated rings. The van der Waals surface area contributed by atoms with Crippen LogP contribution in [0, 0.1) is 6.92 Å². The van der Waals surface area contributed by atoms with Crippen molar-refractivity contribution in [3.63, 3.8) is 0 Å². The second-order valence-electron chi connectivity index (χ2n) is 4.64.